The van der Waals surface area contributed by atoms with E-state index >= 15 is 0 Å². The van der Waals surface area contributed by atoms with Crippen LogP contribution in [0.15, 0.2) is 23.0 Å². The van der Waals surface area contributed by atoms with Gasteiger partial charge in [0.25, 0.3) is 0 Å². The average molecular weight is 291 g/mol. The second-order valence-corrected chi connectivity index (χ2v) is 8.61. The van der Waals surface area contributed by atoms with Gasteiger partial charge in [0.1, 0.15) is 0 Å². The molecule has 2 unspecified atom stereocenters. The lowest BCUT2D eigenvalue weighted by Crippen LogP contribution is -2.09. The predicted molar refractivity (Wildman–Crippen MR) is 84.3 cm³/mol. The molecule has 0 amide bonds. The van der Waals surface area contributed by atoms with Gasteiger partial charge in [0.05, 0.1) is 0 Å². The van der Waals surface area contributed by atoms with Crippen molar-refractivity contribution in [3.8, 4) is 0 Å². The van der Waals surface area contributed by atoms with Crippen LogP contribution < -0.4 is 0 Å². The molecule has 2 aliphatic heterocycles. The van der Waals surface area contributed by atoms with E-state index in [4.69, 9.17) is 0 Å². The van der Waals surface area contributed by atoms with E-state index in [1.165, 1.54) is 35.9 Å². The van der Waals surface area contributed by atoms with E-state index in [0.717, 1.165) is 11.8 Å². The highest BCUT2D eigenvalue weighted by Crippen LogP contribution is 2.33. The van der Waals surface area contributed by atoms with Gasteiger partial charge < -0.3 is 0 Å². The van der Waals surface area contributed by atoms with Crippen LogP contribution in [0.5, 0.6) is 0 Å². The molecule has 0 bridgehead atoms. The molecule has 2 aliphatic rings. The van der Waals surface area contributed by atoms with Gasteiger partial charge in [-0.3, -0.25) is 0 Å². The summed E-state index contributed by atoms with van der Waals surface area (Å²) in [7, 11) is 4.18. The Bertz CT molecular complexity index is 223. The number of hydrogen-bond acceptors (Lipinski definition) is 4. The normalized spacial score (nSPS) is 29.5. The van der Waals surface area contributed by atoms with Gasteiger partial charge in [-0.25, -0.2) is 0 Å². The minimum absolute atomic E-state index is 0.910. The second kappa shape index (κ2) is 8.06. The number of hydrogen-bond donors (Lipinski definition) is 0. The lowest BCUT2D eigenvalue weighted by atomic mass is 10.1. The molecule has 0 radical (unpaired) electrons. The van der Waals surface area contributed by atoms with Gasteiger partial charge in [0.15, 0.2) is 0 Å². The molecule has 0 aromatic rings. The third kappa shape index (κ3) is 5.03. The molecule has 0 aromatic carbocycles. The van der Waals surface area contributed by atoms with E-state index in [1.54, 1.807) is 0 Å². The van der Waals surface area contributed by atoms with Crippen molar-refractivity contribution >= 4 is 45.1 Å². The maximum Gasteiger partial charge on any atom is 0.00762 e. The number of rotatable bonds is 5. The van der Waals surface area contributed by atoms with Gasteiger partial charge in [0, 0.05) is 23.0 Å². The van der Waals surface area contributed by atoms with Crippen molar-refractivity contribution in [2.24, 2.45) is 11.8 Å². The Morgan fingerprint density at radius 1 is 0.875 bits per heavy atom. The maximum atomic E-state index is 2.33. The first-order chi connectivity index (χ1) is 7.95. The van der Waals surface area contributed by atoms with E-state index < -0.39 is 0 Å². The second-order valence-electron chi connectivity index (χ2n) is 4.18. The zero-order valence-electron chi connectivity index (χ0n) is 9.34. The minimum atomic E-state index is 0.910. The molecule has 2 heterocycles. The first kappa shape index (κ1) is 13.3. The van der Waals surface area contributed by atoms with Crippen LogP contribution in [0, 0.1) is 11.8 Å². The monoisotopic (exact) mass is 290 g/mol. The number of thioether (sulfide) groups is 2. The summed E-state index contributed by atoms with van der Waals surface area (Å²) in [5.41, 5.74) is 0. The Balaban J connectivity index is 1.51. The van der Waals surface area contributed by atoms with Crippen LogP contribution in [0.1, 0.15) is 12.8 Å². The average Bonchev–Trinajstić information content (AvgIpc) is 2.37. The lowest BCUT2D eigenvalue weighted by molar-refractivity contribution is 0.683. The molecule has 0 saturated heterocycles. The summed E-state index contributed by atoms with van der Waals surface area (Å²) in [6.45, 7) is 0. The smallest absolute Gasteiger partial charge is 0.00762 e. The third-order valence-electron chi connectivity index (χ3n) is 2.68. The van der Waals surface area contributed by atoms with Crippen LogP contribution in [0.4, 0.5) is 0 Å². The largest absolute Gasteiger partial charge is 0.134 e. The molecular weight excluding hydrogens is 272 g/mol. The van der Waals surface area contributed by atoms with Gasteiger partial charge in [-0.05, 0) is 35.5 Å². The van der Waals surface area contributed by atoms with Crippen LogP contribution in [-0.2, 0) is 0 Å². The fourth-order valence-corrected chi connectivity index (χ4v) is 6.56. The Kier molecular flexibility index (Phi) is 6.71. The fraction of sp³-hybridized carbons (Fsp3) is 0.667. The van der Waals surface area contributed by atoms with Crippen molar-refractivity contribution in [2.75, 3.05) is 23.0 Å². The quantitative estimate of drug-likeness (QED) is 0.521. The zero-order valence-corrected chi connectivity index (χ0v) is 12.6. The van der Waals surface area contributed by atoms with Crippen LogP contribution in [0.3, 0.4) is 0 Å². The summed E-state index contributed by atoms with van der Waals surface area (Å²) in [5, 5.41) is 4.50. The van der Waals surface area contributed by atoms with Crippen LogP contribution >= 0.6 is 45.1 Å². The minimum Gasteiger partial charge on any atom is -0.134 e. The molecule has 2 rings (SSSR count). The summed E-state index contributed by atoms with van der Waals surface area (Å²) >= 11 is 3.95. The maximum absolute atomic E-state index is 2.33. The highest BCUT2D eigenvalue weighted by molar-refractivity contribution is 8.76. The van der Waals surface area contributed by atoms with E-state index in [1.807, 2.05) is 23.5 Å². The Morgan fingerprint density at radius 2 is 1.38 bits per heavy atom. The SMILES string of the molecule is C1=CSCC(CSSCC2CC=CSC2)C1. The molecule has 2 atom stereocenters. The first-order valence-corrected chi connectivity index (χ1v) is 10.3. The molecule has 0 spiro atoms. The molecule has 0 N–H and O–H groups in total. The molecule has 0 fully saturated rings. The number of allylic oxidation sites excluding steroid dienone is 2. The van der Waals surface area contributed by atoms with E-state index in [0.29, 0.717) is 0 Å². The Hall–Kier alpha value is 0.880. The predicted octanol–water partition coefficient (Wildman–Crippen LogP) is 4.90. The fourth-order valence-electron chi connectivity index (χ4n) is 1.67. The third-order valence-corrected chi connectivity index (χ3v) is 7.47. The van der Waals surface area contributed by atoms with Crippen LogP contribution in [-0.4, -0.2) is 23.0 Å². The van der Waals surface area contributed by atoms with Crippen molar-refractivity contribution in [2.45, 2.75) is 12.8 Å². The molecule has 0 aliphatic carbocycles. The van der Waals surface area contributed by atoms with Crippen molar-refractivity contribution in [1.82, 2.24) is 0 Å². The molecule has 0 saturated carbocycles. The molecular formula is C12H18S4. The van der Waals surface area contributed by atoms with Crippen molar-refractivity contribution in [3.05, 3.63) is 23.0 Å². The summed E-state index contributed by atoms with van der Waals surface area (Å²) in [6.07, 6.45) is 7.24. The van der Waals surface area contributed by atoms with E-state index in [2.05, 4.69) is 44.6 Å². The molecule has 0 aromatic heterocycles. The van der Waals surface area contributed by atoms with Gasteiger partial charge >= 0.3 is 0 Å². The van der Waals surface area contributed by atoms with Crippen LogP contribution in [0.2, 0.25) is 0 Å². The van der Waals surface area contributed by atoms with Crippen LogP contribution in [0.25, 0.3) is 0 Å². The molecule has 90 valence electrons. The van der Waals surface area contributed by atoms with Crippen molar-refractivity contribution < 1.29 is 0 Å². The van der Waals surface area contributed by atoms with Gasteiger partial charge in [-0.2, -0.15) is 0 Å². The summed E-state index contributed by atoms with van der Waals surface area (Å²) in [5.74, 6) is 7.13. The topological polar surface area (TPSA) is 0 Å². The van der Waals surface area contributed by atoms with Gasteiger partial charge in [-0.1, -0.05) is 33.7 Å². The molecule has 16 heavy (non-hydrogen) atoms. The zero-order chi connectivity index (χ0) is 11.1. The molecule has 4 heteroatoms. The van der Waals surface area contributed by atoms with E-state index in [-0.39, 0.29) is 0 Å². The summed E-state index contributed by atoms with van der Waals surface area (Å²) in [4.78, 5) is 0. The summed E-state index contributed by atoms with van der Waals surface area (Å²) < 4.78 is 0. The first-order valence-electron chi connectivity index (χ1n) is 5.73. The Labute approximate surface area is 115 Å². The van der Waals surface area contributed by atoms with Crippen molar-refractivity contribution in [3.63, 3.8) is 0 Å². The molecule has 0 nitrogen and oxygen atoms in total. The standard InChI is InChI=1S/C12H18S4/c1-3-11(7-13-5-1)9-15-16-10-12-4-2-6-14-8-12/h1-2,5-6,11-12H,3-4,7-10H2. The Morgan fingerprint density at radius 3 is 1.75 bits per heavy atom. The van der Waals surface area contributed by atoms with Gasteiger partial charge in [0.2, 0.25) is 0 Å². The summed E-state index contributed by atoms with van der Waals surface area (Å²) in [6, 6.07) is 0. The van der Waals surface area contributed by atoms with Crippen molar-refractivity contribution in [1.29, 1.82) is 0 Å². The van der Waals surface area contributed by atoms with E-state index in [9.17, 15) is 0 Å². The van der Waals surface area contributed by atoms with Gasteiger partial charge in [-0.15, -0.1) is 23.5 Å². The highest BCUT2D eigenvalue weighted by atomic mass is 33.1. The highest BCUT2D eigenvalue weighted by Gasteiger charge is 2.13. The lowest BCUT2D eigenvalue weighted by Gasteiger charge is -2.18.